The molecule has 0 bridgehead atoms. The third-order valence-corrected chi connectivity index (χ3v) is 4.24. The van der Waals surface area contributed by atoms with Crippen LogP contribution in [0.5, 0.6) is 0 Å². The zero-order valence-electron chi connectivity index (χ0n) is 11.8. The summed E-state index contributed by atoms with van der Waals surface area (Å²) in [5.74, 6) is -0.101. The number of rotatable bonds is 6. The summed E-state index contributed by atoms with van der Waals surface area (Å²) in [5, 5.41) is 7.03. The van der Waals surface area contributed by atoms with E-state index in [1.165, 1.54) is 11.3 Å². The molecule has 2 rings (SSSR count). The van der Waals surface area contributed by atoms with Crippen molar-refractivity contribution in [1.29, 1.82) is 0 Å². The first kappa shape index (κ1) is 15.1. The number of nitrogens with one attached hydrogen (secondary N) is 2. The molecule has 4 N–H and O–H groups in total. The first-order valence-corrected chi connectivity index (χ1v) is 7.74. The van der Waals surface area contributed by atoms with E-state index >= 15 is 0 Å². The Morgan fingerprint density at radius 2 is 2.25 bits per heavy atom. The molecule has 1 aromatic rings. The summed E-state index contributed by atoms with van der Waals surface area (Å²) in [6.45, 7) is 7.91. The standard InChI is InChI=1S/C13H22N4O2S/c1-2-15-13(18)12-10(14)9-11(20-12)16-3-4-17-5-7-19-8-6-17/h9,16H,2-8,14H2,1H3,(H,15,18). The number of amides is 1. The van der Waals surface area contributed by atoms with Crippen LogP contribution in [-0.2, 0) is 4.74 Å². The van der Waals surface area contributed by atoms with Crippen LogP contribution in [0.2, 0.25) is 0 Å². The quantitative estimate of drug-likeness (QED) is 0.725. The van der Waals surface area contributed by atoms with Gasteiger partial charge >= 0.3 is 0 Å². The monoisotopic (exact) mass is 298 g/mol. The summed E-state index contributed by atoms with van der Waals surface area (Å²) < 4.78 is 5.31. The lowest BCUT2D eigenvalue weighted by Crippen LogP contribution is -2.38. The number of hydrogen-bond donors (Lipinski definition) is 3. The summed E-state index contributed by atoms with van der Waals surface area (Å²) in [5.41, 5.74) is 6.41. The van der Waals surface area contributed by atoms with Gasteiger partial charge in [-0.15, -0.1) is 11.3 Å². The SMILES string of the molecule is CCNC(=O)c1sc(NCCN2CCOCC2)cc1N. The van der Waals surface area contributed by atoms with Gasteiger partial charge in [0.25, 0.3) is 5.91 Å². The number of nitrogen functional groups attached to an aromatic ring is 1. The van der Waals surface area contributed by atoms with Crippen LogP contribution in [0, 0.1) is 0 Å². The summed E-state index contributed by atoms with van der Waals surface area (Å²) in [6, 6.07) is 1.83. The van der Waals surface area contributed by atoms with Gasteiger partial charge in [0.2, 0.25) is 0 Å². The Morgan fingerprint density at radius 1 is 1.50 bits per heavy atom. The Morgan fingerprint density at radius 3 is 2.95 bits per heavy atom. The lowest BCUT2D eigenvalue weighted by atomic mass is 10.3. The van der Waals surface area contributed by atoms with Crippen LogP contribution in [0.1, 0.15) is 16.6 Å². The summed E-state index contributed by atoms with van der Waals surface area (Å²) >= 11 is 1.40. The van der Waals surface area contributed by atoms with Crippen molar-refractivity contribution in [3.05, 3.63) is 10.9 Å². The molecule has 0 saturated carbocycles. The number of ether oxygens (including phenoxy) is 1. The fourth-order valence-corrected chi connectivity index (χ4v) is 2.99. The van der Waals surface area contributed by atoms with Gasteiger partial charge in [-0.1, -0.05) is 0 Å². The average Bonchev–Trinajstić information content (AvgIpc) is 2.81. The van der Waals surface area contributed by atoms with E-state index in [1.807, 2.05) is 13.0 Å². The molecule has 1 aromatic heterocycles. The number of anilines is 2. The molecule has 1 aliphatic rings. The fourth-order valence-electron chi connectivity index (χ4n) is 2.07. The van der Waals surface area contributed by atoms with Gasteiger partial charge in [0.15, 0.2) is 0 Å². The van der Waals surface area contributed by atoms with Crippen molar-refractivity contribution in [2.75, 3.05) is 57.0 Å². The van der Waals surface area contributed by atoms with Crippen molar-refractivity contribution in [2.45, 2.75) is 6.92 Å². The number of morpholine rings is 1. The molecule has 112 valence electrons. The second kappa shape index (κ2) is 7.47. The molecule has 0 aliphatic carbocycles. The number of nitrogens with two attached hydrogens (primary N) is 1. The highest BCUT2D eigenvalue weighted by molar-refractivity contribution is 7.18. The molecule has 0 unspecified atom stereocenters. The maximum Gasteiger partial charge on any atom is 0.263 e. The molecule has 0 aromatic carbocycles. The van der Waals surface area contributed by atoms with Crippen molar-refractivity contribution < 1.29 is 9.53 Å². The third kappa shape index (κ3) is 4.09. The summed E-state index contributed by atoms with van der Waals surface area (Å²) in [6.07, 6.45) is 0. The van der Waals surface area contributed by atoms with Gasteiger partial charge in [0.1, 0.15) is 4.88 Å². The third-order valence-electron chi connectivity index (χ3n) is 3.14. The van der Waals surface area contributed by atoms with E-state index in [9.17, 15) is 4.79 Å². The molecule has 1 fully saturated rings. The fraction of sp³-hybridized carbons (Fsp3) is 0.615. The molecule has 1 amide bonds. The van der Waals surface area contributed by atoms with Crippen LogP contribution < -0.4 is 16.4 Å². The van der Waals surface area contributed by atoms with Crippen LogP contribution >= 0.6 is 11.3 Å². The highest BCUT2D eigenvalue weighted by Gasteiger charge is 2.14. The second-order valence-corrected chi connectivity index (χ2v) is 5.69. The summed E-state index contributed by atoms with van der Waals surface area (Å²) in [4.78, 5) is 14.7. The maximum absolute atomic E-state index is 11.8. The molecule has 20 heavy (non-hydrogen) atoms. The predicted molar refractivity (Wildman–Crippen MR) is 82.5 cm³/mol. The molecule has 1 aliphatic heterocycles. The highest BCUT2D eigenvalue weighted by Crippen LogP contribution is 2.28. The highest BCUT2D eigenvalue weighted by atomic mass is 32.1. The topological polar surface area (TPSA) is 79.6 Å². The first-order valence-electron chi connectivity index (χ1n) is 6.92. The van der Waals surface area contributed by atoms with Gasteiger partial charge in [0.05, 0.1) is 23.9 Å². The van der Waals surface area contributed by atoms with Gasteiger partial charge in [-0.25, -0.2) is 0 Å². The zero-order chi connectivity index (χ0) is 14.4. The van der Waals surface area contributed by atoms with E-state index in [1.54, 1.807) is 0 Å². The van der Waals surface area contributed by atoms with Gasteiger partial charge in [-0.05, 0) is 13.0 Å². The smallest absolute Gasteiger partial charge is 0.263 e. The molecule has 2 heterocycles. The van der Waals surface area contributed by atoms with E-state index in [4.69, 9.17) is 10.5 Å². The molecule has 7 heteroatoms. The van der Waals surface area contributed by atoms with Crippen molar-refractivity contribution in [3.63, 3.8) is 0 Å². The molecular weight excluding hydrogens is 276 g/mol. The minimum absolute atomic E-state index is 0.101. The van der Waals surface area contributed by atoms with E-state index in [-0.39, 0.29) is 5.91 Å². The Hall–Kier alpha value is -1.31. The van der Waals surface area contributed by atoms with Gasteiger partial charge in [-0.3, -0.25) is 9.69 Å². The second-order valence-electron chi connectivity index (χ2n) is 4.64. The lowest BCUT2D eigenvalue weighted by Gasteiger charge is -2.26. The Kier molecular flexibility index (Phi) is 5.63. The van der Waals surface area contributed by atoms with E-state index in [0.717, 1.165) is 44.4 Å². The first-order chi connectivity index (χ1) is 9.70. The molecule has 1 saturated heterocycles. The Balaban J connectivity index is 1.81. The molecule has 0 spiro atoms. The molecule has 6 nitrogen and oxygen atoms in total. The largest absolute Gasteiger partial charge is 0.397 e. The normalized spacial score (nSPS) is 16.1. The number of carbonyl (C=O) groups excluding carboxylic acids is 1. The van der Waals surface area contributed by atoms with Gasteiger partial charge < -0.3 is 21.1 Å². The van der Waals surface area contributed by atoms with Crippen LogP contribution in [0.15, 0.2) is 6.07 Å². The zero-order valence-corrected chi connectivity index (χ0v) is 12.6. The van der Waals surface area contributed by atoms with Gasteiger partial charge in [0, 0.05) is 32.7 Å². The van der Waals surface area contributed by atoms with E-state index in [2.05, 4.69) is 15.5 Å². The van der Waals surface area contributed by atoms with Crippen molar-refractivity contribution in [1.82, 2.24) is 10.2 Å². The lowest BCUT2D eigenvalue weighted by molar-refractivity contribution is 0.0398. The van der Waals surface area contributed by atoms with Crippen molar-refractivity contribution >= 4 is 27.9 Å². The molecular formula is C13H22N4O2S. The number of hydrogen-bond acceptors (Lipinski definition) is 6. The van der Waals surface area contributed by atoms with Crippen molar-refractivity contribution in [2.24, 2.45) is 0 Å². The number of carbonyl (C=O) groups is 1. The van der Waals surface area contributed by atoms with E-state index in [0.29, 0.717) is 17.1 Å². The Labute approximate surface area is 123 Å². The van der Waals surface area contributed by atoms with Gasteiger partial charge in [-0.2, -0.15) is 0 Å². The molecule has 0 radical (unpaired) electrons. The predicted octanol–water partition coefficient (Wildman–Crippen LogP) is 0.824. The Bertz CT molecular complexity index is 444. The molecule has 0 atom stereocenters. The summed E-state index contributed by atoms with van der Waals surface area (Å²) in [7, 11) is 0. The minimum atomic E-state index is -0.101. The number of nitrogens with zero attached hydrogens (tertiary/aromatic N) is 1. The van der Waals surface area contributed by atoms with Crippen LogP contribution in [0.25, 0.3) is 0 Å². The van der Waals surface area contributed by atoms with Crippen LogP contribution in [-0.4, -0.2) is 56.7 Å². The maximum atomic E-state index is 11.8. The van der Waals surface area contributed by atoms with Crippen LogP contribution in [0.4, 0.5) is 10.7 Å². The van der Waals surface area contributed by atoms with Crippen molar-refractivity contribution in [3.8, 4) is 0 Å². The average molecular weight is 298 g/mol. The minimum Gasteiger partial charge on any atom is -0.397 e. The van der Waals surface area contributed by atoms with Crippen LogP contribution in [0.3, 0.4) is 0 Å². The van der Waals surface area contributed by atoms with E-state index < -0.39 is 0 Å². The number of thiophene rings is 1.